The fraction of sp³-hybridized carbons (Fsp3) is 0.650. The van der Waals surface area contributed by atoms with Crippen LogP contribution in [0.2, 0.25) is 0 Å². The Labute approximate surface area is 140 Å². The highest BCUT2D eigenvalue weighted by atomic mass is 16.2. The Kier molecular flexibility index (Phi) is 5.71. The van der Waals surface area contributed by atoms with E-state index in [1.54, 1.807) is 0 Å². The number of carbonyl (C=O) groups excluding carboxylic acids is 1. The zero-order chi connectivity index (χ0) is 16.1. The Morgan fingerprint density at radius 1 is 1.13 bits per heavy atom. The van der Waals surface area contributed by atoms with Crippen molar-refractivity contribution < 1.29 is 4.79 Å². The van der Waals surface area contributed by atoms with Gasteiger partial charge in [-0.25, -0.2) is 0 Å². The summed E-state index contributed by atoms with van der Waals surface area (Å²) in [5.41, 5.74) is 2.95. The average molecular weight is 314 g/mol. The third kappa shape index (κ3) is 4.35. The fourth-order valence-electron chi connectivity index (χ4n) is 4.06. The van der Waals surface area contributed by atoms with Gasteiger partial charge >= 0.3 is 0 Å². The first-order valence-corrected chi connectivity index (χ1v) is 9.31. The molecule has 23 heavy (non-hydrogen) atoms. The highest BCUT2D eigenvalue weighted by Crippen LogP contribution is 2.28. The number of hydrogen-bond acceptors (Lipinski definition) is 2. The number of piperidine rings is 1. The largest absolute Gasteiger partial charge is 0.343 e. The normalized spacial score (nSPS) is 22.0. The predicted octanol–water partition coefficient (Wildman–Crippen LogP) is 3.03. The van der Waals surface area contributed by atoms with Gasteiger partial charge < -0.3 is 10.2 Å². The molecule has 1 N–H and O–H groups in total. The molecule has 1 atom stereocenters. The Hall–Kier alpha value is -1.35. The number of nitrogens with zero attached hydrogens (tertiary/aromatic N) is 1. The summed E-state index contributed by atoms with van der Waals surface area (Å²) < 4.78 is 0. The van der Waals surface area contributed by atoms with Crippen molar-refractivity contribution >= 4 is 5.91 Å². The van der Waals surface area contributed by atoms with Crippen LogP contribution in [0.4, 0.5) is 0 Å². The van der Waals surface area contributed by atoms with Crippen molar-refractivity contribution in [3.05, 3.63) is 35.4 Å². The van der Waals surface area contributed by atoms with Gasteiger partial charge in [-0.1, -0.05) is 31.2 Å². The van der Waals surface area contributed by atoms with E-state index >= 15 is 0 Å². The van der Waals surface area contributed by atoms with Crippen LogP contribution in [0.15, 0.2) is 24.3 Å². The molecule has 1 heterocycles. The molecular formula is C20H30N2O. The molecule has 0 saturated carbocycles. The molecule has 1 aromatic rings. The lowest BCUT2D eigenvalue weighted by atomic mass is 9.82. The van der Waals surface area contributed by atoms with E-state index in [0.29, 0.717) is 11.8 Å². The van der Waals surface area contributed by atoms with Gasteiger partial charge in [0.1, 0.15) is 0 Å². The molecule has 1 saturated heterocycles. The molecule has 0 bridgehead atoms. The van der Waals surface area contributed by atoms with Gasteiger partial charge in [0.25, 0.3) is 0 Å². The second-order valence-electron chi connectivity index (χ2n) is 7.21. The first-order valence-electron chi connectivity index (χ1n) is 9.31. The SMILES string of the molecule is CCNCC1CCN(C(=O)CC2CCc3ccccc3C2)CC1. The highest BCUT2D eigenvalue weighted by Gasteiger charge is 2.26. The summed E-state index contributed by atoms with van der Waals surface area (Å²) in [5, 5.41) is 3.43. The van der Waals surface area contributed by atoms with Crippen molar-refractivity contribution in [3.63, 3.8) is 0 Å². The third-order valence-corrected chi connectivity index (χ3v) is 5.56. The van der Waals surface area contributed by atoms with Crippen LogP contribution in [0.5, 0.6) is 0 Å². The van der Waals surface area contributed by atoms with Crippen LogP contribution in [0.3, 0.4) is 0 Å². The van der Waals surface area contributed by atoms with E-state index in [1.165, 1.54) is 17.5 Å². The van der Waals surface area contributed by atoms with Crippen LogP contribution in [0.25, 0.3) is 0 Å². The molecule has 0 spiro atoms. The van der Waals surface area contributed by atoms with Gasteiger partial charge in [-0.2, -0.15) is 0 Å². The Morgan fingerprint density at radius 2 is 1.87 bits per heavy atom. The molecule has 3 rings (SSSR count). The van der Waals surface area contributed by atoms with Crippen molar-refractivity contribution in [2.24, 2.45) is 11.8 Å². The number of hydrogen-bond donors (Lipinski definition) is 1. The number of likely N-dealkylation sites (tertiary alicyclic amines) is 1. The van der Waals surface area contributed by atoms with Gasteiger partial charge in [-0.05, 0) is 68.2 Å². The molecule has 1 unspecified atom stereocenters. The molecular weight excluding hydrogens is 284 g/mol. The topological polar surface area (TPSA) is 32.3 Å². The summed E-state index contributed by atoms with van der Waals surface area (Å²) in [7, 11) is 0. The molecule has 1 fully saturated rings. The molecule has 1 aliphatic carbocycles. The highest BCUT2D eigenvalue weighted by molar-refractivity contribution is 5.76. The van der Waals surface area contributed by atoms with Crippen LogP contribution in [0, 0.1) is 11.8 Å². The summed E-state index contributed by atoms with van der Waals surface area (Å²) in [6.45, 7) is 6.22. The average Bonchev–Trinajstić information content (AvgIpc) is 2.60. The fourth-order valence-corrected chi connectivity index (χ4v) is 4.06. The molecule has 1 amide bonds. The maximum absolute atomic E-state index is 12.6. The van der Waals surface area contributed by atoms with E-state index < -0.39 is 0 Å². The minimum Gasteiger partial charge on any atom is -0.343 e. The quantitative estimate of drug-likeness (QED) is 0.906. The number of amides is 1. The summed E-state index contributed by atoms with van der Waals surface area (Å²) in [6.07, 6.45) is 6.45. The molecule has 126 valence electrons. The zero-order valence-corrected chi connectivity index (χ0v) is 14.4. The number of fused-ring (bicyclic) bond motifs is 1. The molecule has 3 nitrogen and oxygen atoms in total. The first kappa shape index (κ1) is 16.5. The predicted molar refractivity (Wildman–Crippen MR) is 94.4 cm³/mol. The monoisotopic (exact) mass is 314 g/mol. The first-order chi connectivity index (χ1) is 11.3. The standard InChI is InChI=1S/C20H30N2O/c1-2-21-15-16-9-11-22(12-10-16)20(23)14-17-7-8-18-5-3-4-6-19(18)13-17/h3-6,16-17,21H,2,7-15H2,1H3. The molecule has 1 aliphatic heterocycles. The van der Waals surface area contributed by atoms with Crippen LogP contribution in [-0.2, 0) is 17.6 Å². The van der Waals surface area contributed by atoms with Gasteiger partial charge in [0, 0.05) is 19.5 Å². The smallest absolute Gasteiger partial charge is 0.222 e. The summed E-state index contributed by atoms with van der Waals surface area (Å²) in [6, 6.07) is 8.72. The van der Waals surface area contributed by atoms with Gasteiger partial charge in [-0.15, -0.1) is 0 Å². The van der Waals surface area contributed by atoms with E-state index in [1.807, 2.05) is 0 Å². The minimum absolute atomic E-state index is 0.385. The summed E-state index contributed by atoms with van der Waals surface area (Å²) in [4.78, 5) is 14.7. The van der Waals surface area contributed by atoms with Gasteiger partial charge in [-0.3, -0.25) is 4.79 Å². The maximum Gasteiger partial charge on any atom is 0.222 e. The zero-order valence-electron chi connectivity index (χ0n) is 14.4. The van der Waals surface area contributed by atoms with E-state index in [-0.39, 0.29) is 0 Å². The van der Waals surface area contributed by atoms with Crippen molar-refractivity contribution in [1.82, 2.24) is 10.2 Å². The van der Waals surface area contributed by atoms with Gasteiger partial charge in [0.2, 0.25) is 5.91 Å². The van der Waals surface area contributed by atoms with Crippen molar-refractivity contribution in [2.45, 2.75) is 45.4 Å². The summed E-state index contributed by atoms with van der Waals surface area (Å²) in [5.74, 6) is 1.67. The van der Waals surface area contributed by atoms with E-state index in [4.69, 9.17) is 0 Å². The molecule has 0 radical (unpaired) electrons. The maximum atomic E-state index is 12.6. The van der Waals surface area contributed by atoms with Crippen molar-refractivity contribution in [3.8, 4) is 0 Å². The van der Waals surface area contributed by atoms with Gasteiger partial charge in [0.15, 0.2) is 0 Å². The van der Waals surface area contributed by atoms with Crippen LogP contribution < -0.4 is 5.32 Å². The van der Waals surface area contributed by atoms with Crippen molar-refractivity contribution in [1.29, 1.82) is 0 Å². The summed E-state index contributed by atoms with van der Waals surface area (Å²) >= 11 is 0. The Bertz CT molecular complexity index is 520. The lowest BCUT2D eigenvalue weighted by molar-refractivity contribution is -0.133. The molecule has 2 aliphatic rings. The van der Waals surface area contributed by atoms with Crippen LogP contribution in [0.1, 0.15) is 43.7 Å². The second-order valence-corrected chi connectivity index (χ2v) is 7.21. The minimum atomic E-state index is 0.385. The number of nitrogens with one attached hydrogen (secondary N) is 1. The van der Waals surface area contributed by atoms with E-state index in [9.17, 15) is 4.79 Å². The number of carbonyl (C=O) groups is 1. The molecule has 0 aromatic heterocycles. The van der Waals surface area contributed by atoms with E-state index in [0.717, 1.165) is 64.2 Å². The number of rotatable bonds is 5. The van der Waals surface area contributed by atoms with Crippen LogP contribution >= 0.6 is 0 Å². The number of aryl methyl sites for hydroxylation is 1. The third-order valence-electron chi connectivity index (χ3n) is 5.56. The Morgan fingerprint density at radius 3 is 2.61 bits per heavy atom. The molecule has 3 heteroatoms. The number of benzene rings is 1. The lowest BCUT2D eigenvalue weighted by Gasteiger charge is -2.33. The van der Waals surface area contributed by atoms with Gasteiger partial charge in [0.05, 0.1) is 0 Å². The lowest BCUT2D eigenvalue weighted by Crippen LogP contribution is -2.41. The Balaban J connectivity index is 1.45. The van der Waals surface area contributed by atoms with E-state index in [2.05, 4.69) is 41.4 Å². The molecule has 1 aromatic carbocycles. The van der Waals surface area contributed by atoms with Crippen LogP contribution in [-0.4, -0.2) is 37.0 Å². The second kappa shape index (κ2) is 7.96. The van der Waals surface area contributed by atoms with Crippen molar-refractivity contribution in [2.75, 3.05) is 26.2 Å².